The van der Waals surface area contributed by atoms with Gasteiger partial charge in [0.15, 0.2) is 0 Å². The van der Waals surface area contributed by atoms with E-state index in [0.717, 1.165) is 32.1 Å². The van der Waals surface area contributed by atoms with Gasteiger partial charge in [0, 0.05) is 6.04 Å². The normalized spacial score (nSPS) is 21.8. The van der Waals surface area contributed by atoms with Gasteiger partial charge in [0.25, 0.3) is 0 Å². The summed E-state index contributed by atoms with van der Waals surface area (Å²) in [6.45, 7) is 2.40. The molecule has 2 rings (SSSR count). The zero-order valence-electron chi connectivity index (χ0n) is 12.3. The van der Waals surface area contributed by atoms with Crippen molar-refractivity contribution >= 4 is 5.69 Å². The lowest BCUT2D eigenvalue weighted by Gasteiger charge is -2.27. The Hall–Kier alpha value is -1.82. The van der Waals surface area contributed by atoms with Crippen LogP contribution in [0.3, 0.4) is 0 Å². The number of para-hydroxylation sites is 1. The summed E-state index contributed by atoms with van der Waals surface area (Å²) >= 11 is 0. The number of hydrogen-bond donors (Lipinski definition) is 1. The van der Waals surface area contributed by atoms with E-state index in [1.165, 1.54) is 0 Å². The predicted octanol–water partition coefficient (Wildman–Crippen LogP) is 3.03. The molecule has 1 aliphatic rings. The minimum Gasteiger partial charge on any atom is -0.487 e. The van der Waals surface area contributed by atoms with Gasteiger partial charge in [-0.15, -0.1) is 0 Å². The number of nitro groups is 1. The third-order valence-electron chi connectivity index (χ3n) is 3.57. The van der Waals surface area contributed by atoms with Gasteiger partial charge in [-0.2, -0.15) is 0 Å². The fraction of sp³-hybridized carbons (Fsp3) is 0.600. The average Bonchev–Trinajstić information content (AvgIpc) is 2.45. The molecule has 2 atom stereocenters. The third-order valence-corrected chi connectivity index (χ3v) is 3.57. The van der Waals surface area contributed by atoms with Crippen molar-refractivity contribution in [3.05, 3.63) is 28.3 Å². The van der Waals surface area contributed by atoms with Crippen molar-refractivity contribution in [1.29, 1.82) is 0 Å². The second-order valence-electron chi connectivity index (χ2n) is 5.38. The summed E-state index contributed by atoms with van der Waals surface area (Å²) in [5, 5.41) is 11.3. The SMILES string of the molecule is CCCOc1cccc(OC2CCCC(N)C2)c1[N+](=O)[O-]. The van der Waals surface area contributed by atoms with E-state index in [4.69, 9.17) is 15.2 Å². The van der Waals surface area contributed by atoms with E-state index in [2.05, 4.69) is 0 Å². The largest absolute Gasteiger partial charge is 0.487 e. The number of nitro benzene ring substituents is 1. The Kier molecular flexibility index (Phi) is 5.38. The number of benzene rings is 1. The zero-order chi connectivity index (χ0) is 15.2. The van der Waals surface area contributed by atoms with E-state index in [9.17, 15) is 10.1 Å². The molecule has 0 radical (unpaired) electrons. The van der Waals surface area contributed by atoms with Crippen LogP contribution in [0.25, 0.3) is 0 Å². The molecule has 116 valence electrons. The number of hydrogen-bond acceptors (Lipinski definition) is 5. The molecule has 0 aliphatic heterocycles. The number of rotatable bonds is 6. The van der Waals surface area contributed by atoms with E-state index >= 15 is 0 Å². The van der Waals surface area contributed by atoms with Crippen molar-refractivity contribution < 1.29 is 14.4 Å². The van der Waals surface area contributed by atoms with Crippen molar-refractivity contribution in [3.63, 3.8) is 0 Å². The maximum atomic E-state index is 11.3. The number of nitrogens with two attached hydrogens (primary N) is 1. The van der Waals surface area contributed by atoms with Crippen LogP contribution in [-0.4, -0.2) is 23.7 Å². The molecule has 0 aromatic heterocycles. The molecule has 0 heterocycles. The first kappa shape index (κ1) is 15.6. The van der Waals surface area contributed by atoms with E-state index in [1.807, 2.05) is 6.92 Å². The Labute approximate surface area is 124 Å². The van der Waals surface area contributed by atoms with Gasteiger partial charge in [-0.1, -0.05) is 13.0 Å². The molecule has 0 bridgehead atoms. The molecule has 1 aromatic carbocycles. The summed E-state index contributed by atoms with van der Waals surface area (Å²) in [6.07, 6.45) is 4.32. The highest BCUT2D eigenvalue weighted by Crippen LogP contribution is 2.38. The summed E-state index contributed by atoms with van der Waals surface area (Å²) in [7, 11) is 0. The van der Waals surface area contributed by atoms with E-state index < -0.39 is 4.92 Å². The topological polar surface area (TPSA) is 87.6 Å². The quantitative estimate of drug-likeness (QED) is 0.643. The first-order chi connectivity index (χ1) is 10.1. The molecule has 0 saturated heterocycles. The average molecular weight is 294 g/mol. The van der Waals surface area contributed by atoms with Crippen LogP contribution in [0.5, 0.6) is 11.5 Å². The predicted molar refractivity (Wildman–Crippen MR) is 79.7 cm³/mol. The second kappa shape index (κ2) is 7.26. The summed E-state index contributed by atoms with van der Waals surface area (Å²) in [5.41, 5.74) is 5.84. The lowest BCUT2D eigenvalue weighted by Crippen LogP contribution is -2.33. The first-order valence-corrected chi connectivity index (χ1v) is 7.44. The molecule has 6 nitrogen and oxygen atoms in total. The highest BCUT2D eigenvalue weighted by atomic mass is 16.6. The maximum Gasteiger partial charge on any atom is 0.352 e. The Morgan fingerprint density at radius 1 is 1.38 bits per heavy atom. The van der Waals surface area contributed by atoms with Gasteiger partial charge in [0.1, 0.15) is 6.10 Å². The van der Waals surface area contributed by atoms with Crippen molar-refractivity contribution in [2.75, 3.05) is 6.61 Å². The maximum absolute atomic E-state index is 11.3. The van der Waals surface area contributed by atoms with Crippen LogP contribution in [0.15, 0.2) is 18.2 Å². The Morgan fingerprint density at radius 2 is 2.14 bits per heavy atom. The molecule has 21 heavy (non-hydrogen) atoms. The van der Waals surface area contributed by atoms with Crippen LogP contribution >= 0.6 is 0 Å². The molecular formula is C15H22N2O4. The van der Waals surface area contributed by atoms with Crippen LogP contribution in [0.1, 0.15) is 39.0 Å². The van der Waals surface area contributed by atoms with Crippen LogP contribution in [0.4, 0.5) is 5.69 Å². The Morgan fingerprint density at radius 3 is 2.81 bits per heavy atom. The van der Waals surface area contributed by atoms with E-state index in [-0.39, 0.29) is 29.3 Å². The van der Waals surface area contributed by atoms with Gasteiger partial charge in [0.2, 0.25) is 11.5 Å². The molecule has 6 heteroatoms. The van der Waals surface area contributed by atoms with E-state index in [0.29, 0.717) is 6.61 Å². The third kappa shape index (κ3) is 4.07. The molecular weight excluding hydrogens is 272 g/mol. The molecule has 1 fully saturated rings. The highest BCUT2D eigenvalue weighted by molar-refractivity contribution is 5.57. The van der Waals surface area contributed by atoms with Gasteiger partial charge >= 0.3 is 5.69 Å². The zero-order valence-corrected chi connectivity index (χ0v) is 12.3. The molecule has 2 N–H and O–H groups in total. The number of ether oxygens (including phenoxy) is 2. The minimum absolute atomic E-state index is 0.0612. The van der Waals surface area contributed by atoms with Gasteiger partial charge in [-0.3, -0.25) is 10.1 Å². The number of nitrogens with zero attached hydrogens (tertiary/aromatic N) is 1. The minimum atomic E-state index is -0.441. The van der Waals surface area contributed by atoms with Gasteiger partial charge in [-0.25, -0.2) is 0 Å². The summed E-state index contributed by atoms with van der Waals surface area (Å²) in [5.74, 6) is 0.534. The van der Waals surface area contributed by atoms with Crippen LogP contribution in [0, 0.1) is 10.1 Å². The Bertz CT molecular complexity index is 493. The molecule has 1 saturated carbocycles. The summed E-state index contributed by atoms with van der Waals surface area (Å²) in [4.78, 5) is 10.9. The highest BCUT2D eigenvalue weighted by Gasteiger charge is 2.27. The fourth-order valence-corrected chi connectivity index (χ4v) is 2.57. The molecule has 0 spiro atoms. The van der Waals surface area contributed by atoms with E-state index in [1.54, 1.807) is 18.2 Å². The van der Waals surface area contributed by atoms with Gasteiger partial charge in [0.05, 0.1) is 11.5 Å². The molecule has 1 aromatic rings. The van der Waals surface area contributed by atoms with Crippen LogP contribution in [-0.2, 0) is 0 Å². The van der Waals surface area contributed by atoms with Crippen molar-refractivity contribution in [3.8, 4) is 11.5 Å². The summed E-state index contributed by atoms with van der Waals surface area (Å²) in [6, 6.07) is 5.06. The van der Waals surface area contributed by atoms with Crippen molar-refractivity contribution in [2.24, 2.45) is 5.73 Å². The molecule has 2 unspecified atom stereocenters. The molecule has 0 amide bonds. The Balaban J connectivity index is 2.19. The van der Waals surface area contributed by atoms with Crippen molar-refractivity contribution in [1.82, 2.24) is 0 Å². The lowest BCUT2D eigenvalue weighted by atomic mass is 9.93. The lowest BCUT2D eigenvalue weighted by molar-refractivity contribution is -0.387. The standard InChI is InChI=1S/C15H22N2O4/c1-2-9-20-13-7-4-8-14(15(13)17(18)19)21-12-6-3-5-11(16)10-12/h4,7-8,11-12H,2-3,5-6,9-10,16H2,1H3. The van der Waals surface area contributed by atoms with Crippen LogP contribution < -0.4 is 15.2 Å². The second-order valence-corrected chi connectivity index (χ2v) is 5.38. The monoisotopic (exact) mass is 294 g/mol. The smallest absolute Gasteiger partial charge is 0.352 e. The molecule has 1 aliphatic carbocycles. The summed E-state index contributed by atoms with van der Waals surface area (Å²) < 4.78 is 11.3. The first-order valence-electron chi connectivity index (χ1n) is 7.44. The van der Waals surface area contributed by atoms with Crippen molar-refractivity contribution in [2.45, 2.75) is 51.2 Å². The van der Waals surface area contributed by atoms with Crippen LogP contribution in [0.2, 0.25) is 0 Å². The fourth-order valence-electron chi connectivity index (χ4n) is 2.57. The van der Waals surface area contributed by atoms with Gasteiger partial charge in [-0.05, 0) is 44.2 Å². The van der Waals surface area contributed by atoms with Gasteiger partial charge < -0.3 is 15.2 Å².